The summed E-state index contributed by atoms with van der Waals surface area (Å²) < 4.78 is 1.78. The smallest absolute Gasteiger partial charge is 0.255 e. The number of piperazine rings is 1. The summed E-state index contributed by atoms with van der Waals surface area (Å²) in [6.45, 7) is 7.66. The van der Waals surface area contributed by atoms with Crippen molar-refractivity contribution in [3.05, 3.63) is 75.8 Å². The van der Waals surface area contributed by atoms with Gasteiger partial charge in [-0.15, -0.1) is 24.8 Å². The summed E-state index contributed by atoms with van der Waals surface area (Å²) in [5.74, 6) is 0.705. The van der Waals surface area contributed by atoms with E-state index in [1.54, 1.807) is 23.0 Å². The van der Waals surface area contributed by atoms with Crippen molar-refractivity contribution in [3.8, 4) is 11.3 Å². The van der Waals surface area contributed by atoms with Crippen LogP contribution in [0.1, 0.15) is 38.4 Å². The third-order valence-corrected chi connectivity index (χ3v) is 5.62. The van der Waals surface area contributed by atoms with Crippen molar-refractivity contribution in [2.75, 3.05) is 18.0 Å². The molecule has 1 N–H and O–H groups in total. The largest absolute Gasteiger partial charge is 0.339 e. The number of rotatable bonds is 4. The van der Waals surface area contributed by atoms with E-state index in [2.05, 4.69) is 22.1 Å². The zero-order chi connectivity index (χ0) is 21.3. The first-order valence-electron chi connectivity index (χ1n) is 10.2. The van der Waals surface area contributed by atoms with E-state index in [0.29, 0.717) is 18.2 Å². The lowest BCUT2D eigenvalue weighted by Gasteiger charge is -2.39. The van der Waals surface area contributed by atoms with Gasteiger partial charge in [-0.3, -0.25) is 14.3 Å². The number of hydrogen-bond acceptors (Lipinski definition) is 5. The van der Waals surface area contributed by atoms with Crippen LogP contribution >= 0.6 is 36.4 Å². The van der Waals surface area contributed by atoms with Gasteiger partial charge in [0.05, 0.1) is 11.7 Å². The van der Waals surface area contributed by atoms with Crippen LogP contribution in [-0.4, -0.2) is 33.7 Å². The van der Waals surface area contributed by atoms with Crippen molar-refractivity contribution in [2.24, 2.45) is 0 Å². The fourth-order valence-corrected chi connectivity index (χ4v) is 4.12. The van der Waals surface area contributed by atoms with Crippen LogP contribution in [0.2, 0.25) is 5.02 Å². The van der Waals surface area contributed by atoms with Gasteiger partial charge in [-0.1, -0.05) is 23.7 Å². The summed E-state index contributed by atoms with van der Waals surface area (Å²) in [4.78, 5) is 24.3. The van der Waals surface area contributed by atoms with E-state index in [1.165, 1.54) is 5.56 Å². The fourth-order valence-electron chi connectivity index (χ4n) is 3.99. The number of anilines is 1. The number of aromatic nitrogens is 3. The van der Waals surface area contributed by atoms with Gasteiger partial charge in [-0.05, 0) is 50.6 Å². The van der Waals surface area contributed by atoms with Crippen molar-refractivity contribution in [1.29, 1.82) is 0 Å². The zero-order valence-electron chi connectivity index (χ0n) is 18.2. The molecule has 2 atom stereocenters. The highest BCUT2D eigenvalue weighted by atomic mass is 35.5. The Labute approximate surface area is 205 Å². The van der Waals surface area contributed by atoms with E-state index >= 15 is 0 Å². The second kappa shape index (κ2) is 11.1. The Balaban J connectivity index is 0.00000181. The number of hydrogen-bond donors (Lipinski definition) is 1. The molecular weight excluding hydrogens is 469 g/mol. The average Bonchev–Trinajstić information content (AvgIpc) is 2.73. The molecule has 0 aliphatic carbocycles. The molecule has 1 aliphatic heterocycles. The second-order valence-corrected chi connectivity index (χ2v) is 8.49. The van der Waals surface area contributed by atoms with Crippen molar-refractivity contribution >= 4 is 42.4 Å². The molecule has 4 rings (SSSR count). The molecule has 6 nitrogen and oxygen atoms in total. The molecule has 2 aromatic heterocycles. The molecule has 3 aromatic rings. The third kappa shape index (κ3) is 5.62. The molecule has 3 heterocycles. The van der Waals surface area contributed by atoms with Crippen LogP contribution in [0.15, 0.2) is 59.7 Å². The molecule has 1 aromatic carbocycles. The van der Waals surface area contributed by atoms with Gasteiger partial charge in [-0.25, -0.2) is 4.98 Å². The van der Waals surface area contributed by atoms with Crippen LogP contribution in [-0.2, 0) is 0 Å². The van der Waals surface area contributed by atoms with E-state index in [9.17, 15) is 4.79 Å². The maximum Gasteiger partial charge on any atom is 0.255 e. The molecule has 2 unspecified atom stereocenters. The minimum Gasteiger partial charge on any atom is -0.339 e. The molecule has 0 amide bonds. The Morgan fingerprint density at radius 1 is 1.06 bits per heavy atom. The minimum atomic E-state index is -0.0453. The maximum absolute atomic E-state index is 13.0. The van der Waals surface area contributed by atoms with Gasteiger partial charge in [0.25, 0.3) is 5.56 Å². The summed E-state index contributed by atoms with van der Waals surface area (Å²) in [6, 6.07) is 13.6. The Morgan fingerprint density at radius 2 is 1.72 bits per heavy atom. The molecule has 1 saturated heterocycles. The fraction of sp³-hybridized carbons (Fsp3) is 0.348. The van der Waals surface area contributed by atoms with E-state index < -0.39 is 0 Å². The monoisotopic (exact) mass is 495 g/mol. The molecule has 0 bridgehead atoms. The molecule has 1 fully saturated rings. The Bertz CT molecular complexity index is 1070. The summed E-state index contributed by atoms with van der Waals surface area (Å²) in [5.41, 5.74) is 2.68. The van der Waals surface area contributed by atoms with E-state index in [-0.39, 0.29) is 48.5 Å². The summed E-state index contributed by atoms with van der Waals surface area (Å²) >= 11 is 6.07. The lowest BCUT2D eigenvalue weighted by molar-refractivity contribution is 0.385. The first-order chi connectivity index (χ1) is 14.4. The third-order valence-electron chi connectivity index (χ3n) is 5.36. The first-order valence-corrected chi connectivity index (χ1v) is 10.6. The van der Waals surface area contributed by atoms with E-state index in [0.717, 1.165) is 17.1 Å². The molecular formula is C23H28Cl3N5O. The number of nitrogens with zero attached hydrogens (tertiary/aromatic N) is 4. The van der Waals surface area contributed by atoms with Gasteiger partial charge in [0, 0.05) is 54.2 Å². The van der Waals surface area contributed by atoms with Crippen LogP contribution in [0, 0.1) is 0 Å². The average molecular weight is 497 g/mol. The summed E-state index contributed by atoms with van der Waals surface area (Å²) in [6.07, 6.45) is 3.43. The molecule has 0 spiro atoms. The van der Waals surface area contributed by atoms with Crippen LogP contribution < -0.4 is 15.8 Å². The Hall–Kier alpha value is -2.12. The normalized spacial score (nSPS) is 18.1. The second-order valence-electron chi connectivity index (χ2n) is 8.06. The molecule has 0 radical (unpaired) electrons. The lowest BCUT2D eigenvalue weighted by atomic mass is 10.0. The van der Waals surface area contributed by atoms with Crippen molar-refractivity contribution in [3.63, 3.8) is 0 Å². The maximum atomic E-state index is 13.0. The standard InChI is InChI=1S/C23H26ClN5O.2ClH/c1-15(2)29-22(30)12-20(18-8-10-25-11-9-18)27-23(29)28-13-16(3)26-21(14-28)17-4-6-19(24)7-5-17;;/h4-12,15-16,21,26H,13-14H2,1-3H3;2*1H. The predicted molar refractivity (Wildman–Crippen MR) is 136 cm³/mol. The number of pyridine rings is 1. The van der Waals surface area contributed by atoms with E-state index in [1.807, 2.05) is 50.2 Å². The van der Waals surface area contributed by atoms with Crippen LogP contribution in [0.5, 0.6) is 0 Å². The minimum absolute atomic E-state index is 0. The molecule has 0 saturated carbocycles. The number of benzene rings is 1. The van der Waals surface area contributed by atoms with Gasteiger partial charge >= 0.3 is 0 Å². The Morgan fingerprint density at radius 3 is 2.34 bits per heavy atom. The van der Waals surface area contributed by atoms with Gasteiger partial charge in [-0.2, -0.15) is 0 Å². The van der Waals surface area contributed by atoms with Crippen molar-refractivity contribution in [1.82, 2.24) is 19.9 Å². The van der Waals surface area contributed by atoms with Gasteiger partial charge in [0.2, 0.25) is 5.95 Å². The molecule has 9 heteroatoms. The van der Waals surface area contributed by atoms with Gasteiger partial charge in [0.1, 0.15) is 0 Å². The lowest BCUT2D eigenvalue weighted by Crippen LogP contribution is -2.52. The van der Waals surface area contributed by atoms with Crippen LogP contribution in [0.4, 0.5) is 5.95 Å². The van der Waals surface area contributed by atoms with Crippen LogP contribution in [0.25, 0.3) is 11.3 Å². The first kappa shape index (κ1) is 26.1. The zero-order valence-corrected chi connectivity index (χ0v) is 20.6. The highest BCUT2D eigenvalue weighted by Crippen LogP contribution is 2.27. The Kier molecular flexibility index (Phi) is 9.10. The molecule has 172 valence electrons. The SMILES string of the molecule is CC1CN(c2nc(-c3ccncc3)cc(=O)n2C(C)C)CC(c2ccc(Cl)cc2)N1.Cl.Cl. The highest BCUT2D eigenvalue weighted by molar-refractivity contribution is 6.30. The topological polar surface area (TPSA) is 63.1 Å². The van der Waals surface area contributed by atoms with Crippen molar-refractivity contribution in [2.45, 2.75) is 38.9 Å². The van der Waals surface area contributed by atoms with E-state index in [4.69, 9.17) is 16.6 Å². The van der Waals surface area contributed by atoms with Crippen molar-refractivity contribution < 1.29 is 0 Å². The predicted octanol–water partition coefficient (Wildman–Crippen LogP) is 4.92. The summed E-state index contributed by atoms with van der Waals surface area (Å²) in [7, 11) is 0. The quantitative estimate of drug-likeness (QED) is 0.555. The molecule has 1 aliphatic rings. The van der Waals surface area contributed by atoms with Crippen LogP contribution in [0.3, 0.4) is 0 Å². The molecule has 32 heavy (non-hydrogen) atoms. The number of nitrogens with one attached hydrogen (secondary N) is 1. The highest BCUT2D eigenvalue weighted by Gasteiger charge is 2.28. The summed E-state index contributed by atoms with van der Waals surface area (Å²) in [5, 5.41) is 4.38. The van der Waals surface area contributed by atoms with Gasteiger partial charge < -0.3 is 10.2 Å². The number of halogens is 3. The van der Waals surface area contributed by atoms with Gasteiger partial charge in [0.15, 0.2) is 0 Å².